The van der Waals surface area contributed by atoms with Crippen LogP contribution in [0.25, 0.3) is 6.08 Å². The Morgan fingerprint density at radius 3 is 2.38 bits per heavy atom. The monoisotopic (exact) mass is 558 g/mol. The lowest BCUT2D eigenvalue weighted by Crippen LogP contribution is -2.30. The average Bonchev–Trinajstić information content (AvgIpc) is 3.03. The van der Waals surface area contributed by atoms with Crippen LogP contribution in [0.2, 0.25) is 5.02 Å². The standard InChI is InChI=1S/C25H20ClIN2O3/c1-16-2-4-17(5-3-16)14-29-24(30)22(28-25(29)31)13-19-8-11-23(21(27)12-19)32-15-18-6-9-20(26)10-7-18/h2-13H,14-15H2,1H3,(H,28,31)/b22-13+. The van der Waals surface area contributed by atoms with Gasteiger partial charge in [-0.1, -0.05) is 59.6 Å². The second kappa shape index (κ2) is 9.75. The minimum atomic E-state index is -0.417. The number of benzene rings is 3. The van der Waals surface area contributed by atoms with Crippen molar-refractivity contribution < 1.29 is 14.3 Å². The Morgan fingerprint density at radius 2 is 1.69 bits per heavy atom. The molecule has 1 heterocycles. The van der Waals surface area contributed by atoms with Gasteiger partial charge >= 0.3 is 6.03 Å². The summed E-state index contributed by atoms with van der Waals surface area (Å²) in [4.78, 5) is 26.3. The minimum Gasteiger partial charge on any atom is -0.488 e. The maximum Gasteiger partial charge on any atom is 0.329 e. The second-order valence-electron chi connectivity index (χ2n) is 7.47. The quantitative estimate of drug-likeness (QED) is 0.232. The molecule has 0 bridgehead atoms. The second-order valence-corrected chi connectivity index (χ2v) is 9.07. The van der Waals surface area contributed by atoms with Crippen molar-refractivity contribution in [3.05, 3.63) is 103 Å². The first-order valence-corrected chi connectivity index (χ1v) is 11.4. The van der Waals surface area contributed by atoms with Gasteiger partial charge in [-0.05, 0) is 76.5 Å². The molecule has 0 atom stereocenters. The molecule has 162 valence electrons. The molecule has 4 rings (SSSR count). The molecule has 1 saturated heterocycles. The summed E-state index contributed by atoms with van der Waals surface area (Å²) in [6.07, 6.45) is 1.68. The number of imide groups is 1. The van der Waals surface area contributed by atoms with Gasteiger partial charge in [-0.2, -0.15) is 0 Å². The molecule has 32 heavy (non-hydrogen) atoms. The first-order chi connectivity index (χ1) is 15.4. The molecule has 3 aromatic rings. The number of urea groups is 1. The summed E-state index contributed by atoms with van der Waals surface area (Å²) in [6.45, 7) is 2.65. The number of hydrogen-bond donors (Lipinski definition) is 1. The smallest absolute Gasteiger partial charge is 0.329 e. The van der Waals surface area contributed by atoms with E-state index < -0.39 is 6.03 Å². The maximum absolute atomic E-state index is 12.8. The van der Waals surface area contributed by atoms with E-state index in [0.29, 0.717) is 11.6 Å². The molecular weight excluding hydrogens is 539 g/mol. The van der Waals surface area contributed by atoms with E-state index in [1.54, 1.807) is 6.08 Å². The topological polar surface area (TPSA) is 58.6 Å². The molecule has 0 spiro atoms. The highest BCUT2D eigenvalue weighted by Crippen LogP contribution is 2.25. The molecule has 1 N–H and O–H groups in total. The number of carbonyl (C=O) groups excluding carboxylic acids is 2. The van der Waals surface area contributed by atoms with Crippen LogP contribution in [-0.2, 0) is 17.9 Å². The van der Waals surface area contributed by atoms with E-state index in [1.807, 2.05) is 73.7 Å². The number of nitrogens with zero attached hydrogens (tertiary/aromatic N) is 1. The Bertz CT molecular complexity index is 1190. The number of rotatable bonds is 6. The van der Waals surface area contributed by atoms with E-state index in [4.69, 9.17) is 16.3 Å². The van der Waals surface area contributed by atoms with Gasteiger partial charge in [0.05, 0.1) is 10.1 Å². The van der Waals surface area contributed by atoms with Gasteiger partial charge in [0.2, 0.25) is 0 Å². The van der Waals surface area contributed by atoms with Gasteiger partial charge in [0.15, 0.2) is 0 Å². The highest BCUT2D eigenvalue weighted by Gasteiger charge is 2.33. The summed E-state index contributed by atoms with van der Waals surface area (Å²) in [5, 5.41) is 3.36. The number of aryl methyl sites for hydroxylation is 1. The zero-order chi connectivity index (χ0) is 22.7. The van der Waals surface area contributed by atoms with Crippen molar-refractivity contribution in [2.24, 2.45) is 0 Å². The third kappa shape index (κ3) is 5.31. The molecule has 0 saturated carbocycles. The zero-order valence-electron chi connectivity index (χ0n) is 17.3. The molecule has 5 nitrogen and oxygen atoms in total. The van der Waals surface area contributed by atoms with Crippen molar-refractivity contribution in [1.29, 1.82) is 0 Å². The number of hydrogen-bond acceptors (Lipinski definition) is 3. The van der Waals surface area contributed by atoms with Crippen LogP contribution in [0, 0.1) is 10.5 Å². The fourth-order valence-electron chi connectivity index (χ4n) is 3.22. The number of carbonyl (C=O) groups is 2. The van der Waals surface area contributed by atoms with E-state index in [2.05, 4.69) is 27.9 Å². The third-order valence-electron chi connectivity index (χ3n) is 5.00. The SMILES string of the molecule is Cc1ccc(CN2C(=O)N/C(=C/c3ccc(OCc4ccc(Cl)cc4)c(I)c3)C2=O)cc1. The van der Waals surface area contributed by atoms with E-state index in [0.717, 1.165) is 31.6 Å². The summed E-state index contributed by atoms with van der Waals surface area (Å²) in [5.74, 6) is 0.402. The Balaban J connectivity index is 1.44. The Morgan fingerprint density at radius 1 is 1.00 bits per heavy atom. The molecule has 1 aliphatic rings. The van der Waals surface area contributed by atoms with Gasteiger partial charge in [-0.3, -0.25) is 9.69 Å². The van der Waals surface area contributed by atoms with Crippen molar-refractivity contribution in [2.45, 2.75) is 20.1 Å². The van der Waals surface area contributed by atoms with E-state index >= 15 is 0 Å². The minimum absolute atomic E-state index is 0.233. The molecular formula is C25H20ClIN2O3. The number of nitrogens with one attached hydrogen (secondary N) is 1. The number of ether oxygens (including phenoxy) is 1. The van der Waals surface area contributed by atoms with Crippen LogP contribution in [0.5, 0.6) is 5.75 Å². The van der Waals surface area contributed by atoms with E-state index in [1.165, 1.54) is 4.90 Å². The molecule has 0 aromatic heterocycles. The number of amides is 3. The van der Waals surface area contributed by atoms with Crippen molar-refractivity contribution in [3.8, 4) is 5.75 Å². The molecule has 0 unspecified atom stereocenters. The highest BCUT2D eigenvalue weighted by atomic mass is 127. The summed E-state index contributed by atoms with van der Waals surface area (Å²) < 4.78 is 6.80. The van der Waals surface area contributed by atoms with Gasteiger partial charge in [0.25, 0.3) is 5.91 Å². The highest BCUT2D eigenvalue weighted by molar-refractivity contribution is 14.1. The normalized spacial score (nSPS) is 14.7. The summed E-state index contributed by atoms with van der Waals surface area (Å²) in [6, 6.07) is 20.5. The van der Waals surface area contributed by atoms with E-state index in [9.17, 15) is 9.59 Å². The van der Waals surface area contributed by atoms with Crippen LogP contribution in [-0.4, -0.2) is 16.8 Å². The average molecular weight is 559 g/mol. The van der Waals surface area contributed by atoms with Gasteiger partial charge < -0.3 is 10.1 Å². The van der Waals surface area contributed by atoms with Crippen LogP contribution < -0.4 is 10.1 Å². The lowest BCUT2D eigenvalue weighted by Gasteiger charge is -2.12. The molecule has 0 aliphatic carbocycles. The van der Waals surface area contributed by atoms with Crippen LogP contribution in [0.15, 0.2) is 72.4 Å². The lowest BCUT2D eigenvalue weighted by atomic mass is 10.1. The van der Waals surface area contributed by atoms with Crippen LogP contribution in [0.4, 0.5) is 4.79 Å². The van der Waals surface area contributed by atoms with Crippen LogP contribution in [0.1, 0.15) is 22.3 Å². The molecule has 7 heteroatoms. The Hall–Kier alpha value is -2.84. The summed E-state index contributed by atoms with van der Waals surface area (Å²) in [7, 11) is 0. The van der Waals surface area contributed by atoms with Crippen LogP contribution >= 0.6 is 34.2 Å². The first kappa shape index (κ1) is 22.4. The lowest BCUT2D eigenvalue weighted by molar-refractivity contribution is -0.123. The summed E-state index contributed by atoms with van der Waals surface area (Å²) in [5.41, 5.74) is 4.10. The predicted molar refractivity (Wildman–Crippen MR) is 133 cm³/mol. The maximum atomic E-state index is 12.8. The first-order valence-electron chi connectivity index (χ1n) is 9.96. The Kier molecular flexibility index (Phi) is 6.81. The molecule has 0 radical (unpaired) electrons. The van der Waals surface area contributed by atoms with Crippen LogP contribution in [0.3, 0.4) is 0 Å². The van der Waals surface area contributed by atoms with Gasteiger partial charge in [-0.25, -0.2) is 4.79 Å². The molecule has 3 aromatic carbocycles. The van der Waals surface area contributed by atoms with E-state index in [-0.39, 0.29) is 18.1 Å². The Labute approximate surface area is 205 Å². The van der Waals surface area contributed by atoms with Crippen molar-refractivity contribution >= 4 is 52.2 Å². The van der Waals surface area contributed by atoms with Crippen molar-refractivity contribution in [3.63, 3.8) is 0 Å². The van der Waals surface area contributed by atoms with Gasteiger partial charge in [0.1, 0.15) is 18.1 Å². The fraction of sp³-hybridized carbons (Fsp3) is 0.120. The molecule has 1 fully saturated rings. The third-order valence-corrected chi connectivity index (χ3v) is 6.09. The fourth-order valence-corrected chi connectivity index (χ4v) is 4.04. The van der Waals surface area contributed by atoms with Gasteiger partial charge in [-0.15, -0.1) is 0 Å². The van der Waals surface area contributed by atoms with Crippen molar-refractivity contribution in [2.75, 3.05) is 0 Å². The predicted octanol–water partition coefficient (Wildman–Crippen LogP) is 5.92. The number of halogens is 2. The summed E-state index contributed by atoms with van der Waals surface area (Å²) >= 11 is 8.11. The largest absolute Gasteiger partial charge is 0.488 e. The van der Waals surface area contributed by atoms with Crippen molar-refractivity contribution in [1.82, 2.24) is 10.2 Å². The molecule has 1 aliphatic heterocycles. The zero-order valence-corrected chi connectivity index (χ0v) is 20.2. The molecule has 3 amide bonds. The van der Waals surface area contributed by atoms with Gasteiger partial charge in [0, 0.05) is 5.02 Å².